The number of hydrogen-bond donors (Lipinski definition) is 3. The number of nitrogens with one attached hydrogen (secondary N) is 2. The Hall–Kier alpha value is -2.34. The molecule has 106 valence electrons. The summed E-state index contributed by atoms with van der Waals surface area (Å²) in [4.78, 5) is 14.0. The van der Waals surface area contributed by atoms with Gasteiger partial charge in [0.25, 0.3) is 5.91 Å². The molecule has 2 aromatic rings. The number of carbonyl (C=O) groups excluding carboxylic acids is 1. The summed E-state index contributed by atoms with van der Waals surface area (Å²) in [5.41, 5.74) is 8.14. The third kappa shape index (κ3) is 3.58. The van der Waals surface area contributed by atoms with E-state index in [1.54, 1.807) is 0 Å². The van der Waals surface area contributed by atoms with Gasteiger partial charge in [-0.2, -0.15) is 5.10 Å². The fourth-order valence-electron chi connectivity index (χ4n) is 1.95. The highest BCUT2D eigenvalue weighted by Crippen LogP contribution is 2.10. The van der Waals surface area contributed by atoms with Crippen LogP contribution < -0.4 is 11.1 Å². The molecule has 0 saturated heterocycles. The highest BCUT2D eigenvalue weighted by atomic mass is 16.1. The minimum Gasteiger partial charge on any atom is -0.382 e. The molecular weight excluding hydrogens is 254 g/mol. The summed E-state index contributed by atoms with van der Waals surface area (Å²) in [6.45, 7) is 1.31. The van der Waals surface area contributed by atoms with Crippen molar-refractivity contribution in [1.82, 2.24) is 20.4 Å². The molecule has 0 bridgehead atoms. The molecule has 1 heterocycles. The number of aromatic amines is 1. The van der Waals surface area contributed by atoms with Crippen molar-refractivity contribution in [2.75, 3.05) is 19.8 Å². The van der Waals surface area contributed by atoms with Crippen molar-refractivity contribution < 1.29 is 4.79 Å². The number of nitrogens with two attached hydrogens (primary N) is 1. The van der Waals surface area contributed by atoms with Gasteiger partial charge in [-0.15, -0.1) is 0 Å². The number of nitrogen functional groups attached to an aromatic ring is 1. The predicted molar refractivity (Wildman–Crippen MR) is 78.0 cm³/mol. The molecule has 0 spiro atoms. The molecule has 2 rings (SSSR count). The Labute approximate surface area is 118 Å². The van der Waals surface area contributed by atoms with Crippen molar-refractivity contribution >= 4 is 11.7 Å². The van der Waals surface area contributed by atoms with Gasteiger partial charge in [0.2, 0.25) is 0 Å². The molecule has 0 saturated carbocycles. The van der Waals surface area contributed by atoms with Gasteiger partial charge in [0.05, 0.1) is 0 Å². The molecule has 6 heteroatoms. The second kappa shape index (κ2) is 6.21. The Bertz CT molecular complexity index is 591. The van der Waals surface area contributed by atoms with Gasteiger partial charge >= 0.3 is 0 Å². The molecule has 0 aliphatic rings. The first-order valence-electron chi connectivity index (χ1n) is 6.37. The van der Waals surface area contributed by atoms with Crippen LogP contribution in [-0.4, -0.2) is 35.1 Å². The lowest BCUT2D eigenvalue weighted by Crippen LogP contribution is -2.24. The van der Waals surface area contributed by atoms with E-state index in [1.165, 1.54) is 11.6 Å². The number of rotatable bonds is 5. The van der Waals surface area contributed by atoms with Crippen molar-refractivity contribution in [3.05, 3.63) is 47.2 Å². The lowest BCUT2D eigenvalue weighted by molar-refractivity contribution is 0.0946. The van der Waals surface area contributed by atoms with E-state index < -0.39 is 0 Å². The zero-order chi connectivity index (χ0) is 14.5. The van der Waals surface area contributed by atoms with Crippen molar-refractivity contribution in [1.29, 1.82) is 0 Å². The number of nitrogens with zero attached hydrogens (tertiary/aromatic N) is 2. The number of amides is 1. The zero-order valence-corrected chi connectivity index (χ0v) is 11.7. The molecule has 0 aliphatic carbocycles. The van der Waals surface area contributed by atoms with Crippen LogP contribution in [0.3, 0.4) is 0 Å². The predicted octanol–water partition coefficient (Wildman–Crippen LogP) is 0.983. The molecule has 0 unspecified atom stereocenters. The molecule has 0 aliphatic heterocycles. The smallest absolute Gasteiger partial charge is 0.269 e. The summed E-state index contributed by atoms with van der Waals surface area (Å²) in [7, 11) is 4.03. The van der Waals surface area contributed by atoms with E-state index in [4.69, 9.17) is 5.73 Å². The first-order valence-corrected chi connectivity index (χ1v) is 6.37. The van der Waals surface area contributed by atoms with E-state index in [9.17, 15) is 4.79 Å². The Morgan fingerprint density at radius 3 is 2.65 bits per heavy atom. The van der Waals surface area contributed by atoms with Crippen molar-refractivity contribution in [2.45, 2.75) is 13.1 Å². The number of hydrogen-bond acceptors (Lipinski definition) is 4. The second-order valence-corrected chi connectivity index (χ2v) is 4.90. The van der Waals surface area contributed by atoms with Crippen LogP contribution in [0.1, 0.15) is 21.6 Å². The Morgan fingerprint density at radius 2 is 2.05 bits per heavy atom. The van der Waals surface area contributed by atoms with E-state index in [0.29, 0.717) is 18.1 Å². The first-order chi connectivity index (χ1) is 9.56. The summed E-state index contributed by atoms with van der Waals surface area (Å²) in [5, 5.41) is 9.19. The molecular formula is C14H19N5O. The average Bonchev–Trinajstić information content (AvgIpc) is 2.83. The molecule has 1 amide bonds. The minimum absolute atomic E-state index is 0.214. The third-order valence-corrected chi connectivity index (χ3v) is 2.89. The van der Waals surface area contributed by atoms with E-state index in [1.807, 2.05) is 32.3 Å². The van der Waals surface area contributed by atoms with Crippen molar-refractivity contribution in [3.63, 3.8) is 0 Å². The van der Waals surface area contributed by atoms with Gasteiger partial charge in [0, 0.05) is 19.2 Å². The summed E-state index contributed by atoms with van der Waals surface area (Å²) in [5.74, 6) is 0.0945. The number of carbonyl (C=O) groups is 1. The molecule has 1 aromatic carbocycles. The van der Waals surface area contributed by atoms with E-state index in [2.05, 4.69) is 26.5 Å². The number of H-pyrrole nitrogens is 1. The average molecular weight is 273 g/mol. The van der Waals surface area contributed by atoms with Gasteiger partial charge in [0.1, 0.15) is 11.5 Å². The fourth-order valence-corrected chi connectivity index (χ4v) is 1.95. The van der Waals surface area contributed by atoms with Crippen LogP contribution in [0.15, 0.2) is 30.3 Å². The molecule has 0 radical (unpaired) electrons. The van der Waals surface area contributed by atoms with E-state index in [-0.39, 0.29) is 5.91 Å². The Kier molecular flexibility index (Phi) is 4.37. The summed E-state index contributed by atoms with van der Waals surface area (Å²) in [6.07, 6.45) is 0. The summed E-state index contributed by atoms with van der Waals surface area (Å²) in [6, 6.07) is 9.56. The number of anilines is 1. The van der Waals surface area contributed by atoms with Gasteiger partial charge in [-0.25, -0.2) is 0 Å². The fraction of sp³-hybridized carbons (Fsp3) is 0.286. The van der Waals surface area contributed by atoms with Crippen LogP contribution in [0.4, 0.5) is 5.82 Å². The molecule has 0 atom stereocenters. The Morgan fingerprint density at radius 1 is 1.35 bits per heavy atom. The lowest BCUT2D eigenvalue weighted by atomic mass is 10.1. The maximum atomic E-state index is 11.9. The molecule has 0 fully saturated rings. The van der Waals surface area contributed by atoms with E-state index >= 15 is 0 Å². The van der Waals surface area contributed by atoms with Gasteiger partial charge in [-0.1, -0.05) is 24.3 Å². The lowest BCUT2D eigenvalue weighted by Gasteiger charge is -2.14. The van der Waals surface area contributed by atoms with Gasteiger partial charge in [-0.05, 0) is 25.2 Å². The van der Waals surface area contributed by atoms with Crippen LogP contribution in [0.2, 0.25) is 0 Å². The maximum Gasteiger partial charge on any atom is 0.269 e. The third-order valence-electron chi connectivity index (χ3n) is 2.89. The zero-order valence-electron chi connectivity index (χ0n) is 11.7. The minimum atomic E-state index is -0.214. The highest BCUT2D eigenvalue weighted by Gasteiger charge is 2.09. The topological polar surface area (TPSA) is 87.0 Å². The van der Waals surface area contributed by atoms with Crippen molar-refractivity contribution in [3.8, 4) is 0 Å². The molecule has 6 nitrogen and oxygen atoms in total. The normalized spacial score (nSPS) is 10.8. The van der Waals surface area contributed by atoms with Crippen LogP contribution in [0.5, 0.6) is 0 Å². The SMILES string of the molecule is CN(C)Cc1ccccc1CNC(=O)c1cc(N)n[nH]1. The van der Waals surface area contributed by atoms with Crippen LogP contribution in [0.25, 0.3) is 0 Å². The second-order valence-electron chi connectivity index (χ2n) is 4.90. The van der Waals surface area contributed by atoms with Crippen LogP contribution >= 0.6 is 0 Å². The van der Waals surface area contributed by atoms with Crippen molar-refractivity contribution in [2.24, 2.45) is 0 Å². The molecule has 1 aromatic heterocycles. The standard InChI is InChI=1S/C14H19N5O/c1-19(2)9-11-6-4-3-5-10(11)8-16-14(20)12-7-13(15)18-17-12/h3-7H,8-9H2,1-2H3,(H,16,20)(H3,15,17,18). The van der Waals surface area contributed by atoms with Gasteiger partial charge in [-0.3, -0.25) is 9.89 Å². The largest absolute Gasteiger partial charge is 0.382 e. The number of benzene rings is 1. The maximum absolute atomic E-state index is 11.9. The Balaban J connectivity index is 2.02. The van der Waals surface area contributed by atoms with E-state index in [0.717, 1.165) is 12.1 Å². The first kappa shape index (κ1) is 14.1. The highest BCUT2D eigenvalue weighted by molar-refractivity contribution is 5.92. The number of aromatic nitrogens is 2. The summed E-state index contributed by atoms with van der Waals surface area (Å²) >= 11 is 0. The van der Waals surface area contributed by atoms with Crippen LogP contribution in [-0.2, 0) is 13.1 Å². The van der Waals surface area contributed by atoms with Gasteiger partial charge in [0.15, 0.2) is 0 Å². The van der Waals surface area contributed by atoms with Gasteiger partial charge < -0.3 is 16.0 Å². The molecule has 20 heavy (non-hydrogen) atoms. The summed E-state index contributed by atoms with van der Waals surface area (Å²) < 4.78 is 0. The molecule has 4 N–H and O–H groups in total. The quantitative estimate of drug-likeness (QED) is 0.758. The van der Waals surface area contributed by atoms with Crippen LogP contribution in [0, 0.1) is 0 Å². The monoisotopic (exact) mass is 273 g/mol.